The Kier molecular flexibility index (Phi) is 6.70. The van der Waals surface area contributed by atoms with E-state index in [2.05, 4.69) is 12.0 Å². The third-order valence-electron chi connectivity index (χ3n) is 4.39. The van der Waals surface area contributed by atoms with Crippen LogP contribution in [0, 0.1) is 0 Å². The molecule has 28 heavy (non-hydrogen) atoms. The van der Waals surface area contributed by atoms with Crippen LogP contribution in [-0.4, -0.2) is 15.7 Å². The minimum atomic E-state index is -0.656. The highest BCUT2D eigenvalue weighted by atomic mass is 35.5. The second-order valence-corrected chi connectivity index (χ2v) is 7.26. The van der Waals surface area contributed by atoms with E-state index in [-0.39, 0.29) is 22.0 Å². The summed E-state index contributed by atoms with van der Waals surface area (Å²) in [6.45, 7) is 2.58. The molecule has 0 aliphatic carbocycles. The summed E-state index contributed by atoms with van der Waals surface area (Å²) >= 11 is 11.9. The molecule has 7 heteroatoms. The molecule has 3 rings (SSSR count). The van der Waals surface area contributed by atoms with Crippen LogP contribution >= 0.6 is 23.2 Å². The maximum absolute atomic E-state index is 12.8. The summed E-state index contributed by atoms with van der Waals surface area (Å²) in [4.78, 5) is 25.5. The van der Waals surface area contributed by atoms with Crippen molar-refractivity contribution < 1.29 is 9.53 Å². The highest BCUT2D eigenvalue weighted by molar-refractivity contribution is 6.42. The monoisotopic (exact) mass is 418 g/mol. The molecule has 0 spiro atoms. The van der Waals surface area contributed by atoms with Crippen molar-refractivity contribution in [3.05, 3.63) is 68.6 Å². The van der Waals surface area contributed by atoms with E-state index in [1.54, 1.807) is 36.4 Å². The van der Waals surface area contributed by atoms with Crippen LogP contribution in [0.5, 0.6) is 5.75 Å². The normalized spacial score (nSPS) is 11.0. The van der Waals surface area contributed by atoms with Crippen LogP contribution in [-0.2, 0) is 6.54 Å². The maximum Gasteiger partial charge on any atom is 0.364 e. The van der Waals surface area contributed by atoms with Gasteiger partial charge in [-0.25, -0.2) is 9.48 Å². The lowest BCUT2D eigenvalue weighted by Crippen LogP contribution is -2.27. The molecule has 0 atom stereocenters. The highest BCUT2D eigenvalue weighted by Gasteiger charge is 2.19. The lowest BCUT2D eigenvalue weighted by molar-refractivity contribution is 0.0728. The molecule has 0 N–H and O–H groups in total. The van der Waals surface area contributed by atoms with Gasteiger partial charge < -0.3 is 4.74 Å². The predicted molar refractivity (Wildman–Crippen MR) is 112 cm³/mol. The summed E-state index contributed by atoms with van der Waals surface area (Å²) in [5.41, 5.74) is -0.116. The smallest absolute Gasteiger partial charge is 0.364 e. The Morgan fingerprint density at radius 1 is 1.04 bits per heavy atom. The Bertz CT molecular complexity index is 1060. The number of halogens is 2. The van der Waals surface area contributed by atoms with Crippen molar-refractivity contribution >= 4 is 39.9 Å². The third kappa shape index (κ3) is 4.54. The molecule has 1 heterocycles. The molecule has 5 nitrogen and oxygen atoms in total. The molecule has 0 bridgehead atoms. The highest BCUT2D eigenvalue weighted by Crippen LogP contribution is 2.27. The van der Waals surface area contributed by atoms with Crippen molar-refractivity contribution in [1.29, 1.82) is 0 Å². The SMILES string of the molecule is CCCCCCn1nc(C(=O)Oc2ccc(Cl)c(Cl)c2)c2ccccc2c1=O. The third-order valence-corrected chi connectivity index (χ3v) is 5.13. The van der Waals surface area contributed by atoms with Crippen molar-refractivity contribution in [2.45, 2.75) is 39.2 Å². The van der Waals surface area contributed by atoms with E-state index < -0.39 is 5.97 Å². The fraction of sp³-hybridized carbons (Fsp3) is 0.286. The van der Waals surface area contributed by atoms with Gasteiger partial charge in [-0.3, -0.25) is 4.79 Å². The second kappa shape index (κ2) is 9.22. The molecule has 1 aromatic heterocycles. The predicted octanol–water partition coefficient (Wildman–Crippen LogP) is 5.50. The summed E-state index contributed by atoms with van der Waals surface area (Å²) < 4.78 is 6.77. The number of unbranched alkanes of at least 4 members (excludes halogenated alkanes) is 3. The summed E-state index contributed by atoms with van der Waals surface area (Å²) in [6.07, 6.45) is 4.01. The molecule has 146 valence electrons. The molecule has 3 aromatic rings. The molecule has 0 amide bonds. The van der Waals surface area contributed by atoms with Crippen molar-refractivity contribution in [2.75, 3.05) is 0 Å². The number of esters is 1. The number of carbonyl (C=O) groups is 1. The number of fused-ring (bicyclic) bond motifs is 1. The maximum atomic E-state index is 12.8. The van der Waals surface area contributed by atoms with Crippen LogP contribution in [0.1, 0.15) is 43.1 Å². The van der Waals surface area contributed by atoms with Gasteiger partial charge in [0.25, 0.3) is 5.56 Å². The van der Waals surface area contributed by atoms with Gasteiger partial charge in [-0.2, -0.15) is 5.10 Å². The topological polar surface area (TPSA) is 61.2 Å². The Balaban J connectivity index is 1.96. The Labute approximate surface area is 172 Å². The Hall–Kier alpha value is -2.37. The first kappa shape index (κ1) is 20.4. The minimum Gasteiger partial charge on any atom is -0.422 e. The van der Waals surface area contributed by atoms with E-state index in [0.29, 0.717) is 22.3 Å². The fourth-order valence-electron chi connectivity index (χ4n) is 2.92. The van der Waals surface area contributed by atoms with E-state index in [4.69, 9.17) is 27.9 Å². The first-order valence-corrected chi connectivity index (χ1v) is 9.94. The number of rotatable bonds is 7. The van der Waals surface area contributed by atoms with Crippen LogP contribution < -0.4 is 10.3 Å². The van der Waals surface area contributed by atoms with E-state index in [0.717, 1.165) is 25.7 Å². The minimum absolute atomic E-state index is 0.0942. The largest absolute Gasteiger partial charge is 0.422 e. The van der Waals surface area contributed by atoms with E-state index in [1.165, 1.54) is 10.7 Å². The Morgan fingerprint density at radius 3 is 2.50 bits per heavy atom. The fourth-order valence-corrected chi connectivity index (χ4v) is 3.21. The lowest BCUT2D eigenvalue weighted by atomic mass is 10.1. The molecule has 2 aromatic carbocycles. The molecule has 0 saturated carbocycles. The van der Waals surface area contributed by atoms with Gasteiger partial charge in [0.05, 0.1) is 15.4 Å². The first-order chi connectivity index (χ1) is 13.5. The van der Waals surface area contributed by atoms with E-state index >= 15 is 0 Å². The number of aryl methyl sites for hydroxylation is 1. The average molecular weight is 419 g/mol. The van der Waals surface area contributed by atoms with E-state index in [1.807, 2.05) is 0 Å². The first-order valence-electron chi connectivity index (χ1n) is 9.18. The number of carbonyl (C=O) groups excluding carboxylic acids is 1. The molecule has 0 saturated heterocycles. The molecule has 0 aliphatic rings. The molecular formula is C21H20Cl2N2O3. The quantitative estimate of drug-likeness (QED) is 0.288. The van der Waals surface area contributed by atoms with Crippen LogP contribution in [0.4, 0.5) is 0 Å². The van der Waals surface area contributed by atoms with E-state index in [9.17, 15) is 9.59 Å². The molecular weight excluding hydrogens is 399 g/mol. The summed E-state index contributed by atoms with van der Waals surface area (Å²) in [5.74, 6) is -0.400. The van der Waals surface area contributed by atoms with Gasteiger partial charge in [0.15, 0.2) is 5.69 Å². The Morgan fingerprint density at radius 2 is 1.79 bits per heavy atom. The van der Waals surface area contributed by atoms with Gasteiger partial charge in [0.1, 0.15) is 5.75 Å². The number of hydrogen-bond donors (Lipinski definition) is 0. The zero-order chi connectivity index (χ0) is 20.1. The van der Waals surface area contributed by atoms with Gasteiger partial charge in [0.2, 0.25) is 0 Å². The zero-order valence-corrected chi connectivity index (χ0v) is 17.0. The number of aromatic nitrogens is 2. The summed E-state index contributed by atoms with van der Waals surface area (Å²) in [6, 6.07) is 11.5. The molecule has 0 radical (unpaired) electrons. The van der Waals surface area contributed by atoms with Crippen molar-refractivity contribution in [3.63, 3.8) is 0 Å². The van der Waals surface area contributed by atoms with Gasteiger partial charge in [-0.1, -0.05) is 67.6 Å². The van der Waals surface area contributed by atoms with Crippen LogP contribution in [0.2, 0.25) is 10.0 Å². The van der Waals surface area contributed by atoms with Gasteiger partial charge in [-0.15, -0.1) is 0 Å². The summed E-state index contributed by atoms with van der Waals surface area (Å²) in [7, 11) is 0. The van der Waals surface area contributed by atoms with Crippen molar-refractivity contribution in [1.82, 2.24) is 9.78 Å². The number of benzene rings is 2. The van der Waals surface area contributed by atoms with Gasteiger partial charge in [-0.05, 0) is 24.6 Å². The number of hydrogen-bond acceptors (Lipinski definition) is 4. The molecule has 0 aliphatic heterocycles. The summed E-state index contributed by atoms with van der Waals surface area (Å²) in [5, 5.41) is 5.85. The van der Waals surface area contributed by atoms with Crippen molar-refractivity contribution in [3.8, 4) is 5.75 Å². The average Bonchev–Trinajstić information content (AvgIpc) is 2.69. The van der Waals surface area contributed by atoms with Crippen LogP contribution in [0.25, 0.3) is 10.8 Å². The van der Waals surface area contributed by atoms with Gasteiger partial charge >= 0.3 is 5.97 Å². The van der Waals surface area contributed by atoms with Crippen LogP contribution in [0.15, 0.2) is 47.3 Å². The second-order valence-electron chi connectivity index (χ2n) is 6.45. The molecule has 0 unspecified atom stereocenters. The van der Waals surface area contributed by atoms with Gasteiger partial charge in [0, 0.05) is 18.0 Å². The lowest BCUT2D eigenvalue weighted by Gasteiger charge is -2.11. The number of nitrogens with zero attached hydrogens (tertiary/aromatic N) is 2. The molecule has 0 fully saturated rings. The number of ether oxygens (including phenoxy) is 1. The van der Waals surface area contributed by atoms with Crippen LogP contribution in [0.3, 0.4) is 0 Å². The van der Waals surface area contributed by atoms with Crippen molar-refractivity contribution in [2.24, 2.45) is 0 Å². The zero-order valence-electron chi connectivity index (χ0n) is 15.5. The standard InChI is InChI=1S/C21H20Cl2N2O3/c1-2-3-4-7-12-25-20(26)16-9-6-5-8-15(16)19(24-25)21(27)28-14-10-11-17(22)18(23)13-14/h5-6,8-11,13H,2-4,7,12H2,1H3.